The van der Waals surface area contributed by atoms with Gasteiger partial charge in [-0.2, -0.15) is 0 Å². The van der Waals surface area contributed by atoms with Gasteiger partial charge < -0.3 is 10.1 Å². The molecule has 0 spiro atoms. The standard InChI is InChI=1S/C16H10F2N2O2/c1-2-9-5-10(8-19-7-9)14-15(22-16(21)20-14)12-6-11(17)3-4-13(12)18/h1,3-8,14-15H,(H,20,21)/t14-,15-/m1/s1. The van der Waals surface area contributed by atoms with Crippen molar-refractivity contribution in [2.75, 3.05) is 0 Å². The van der Waals surface area contributed by atoms with Crippen molar-refractivity contribution in [3.63, 3.8) is 0 Å². The molecule has 1 saturated heterocycles. The number of ether oxygens (including phenoxy) is 1. The van der Waals surface area contributed by atoms with Crippen LogP contribution in [-0.2, 0) is 4.74 Å². The molecule has 1 fully saturated rings. The number of hydrogen-bond acceptors (Lipinski definition) is 3. The van der Waals surface area contributed by atoms with E-state index in [4.69, 9.17) is 11.2 Å². The first-order chi connectivity index (χ1) is 10.6. The lowest BCUT2D eigenvalue weighted by Gasteiger charge is -2.18. The molecule has 1 aliphatic rings. The monoisotopic (exact) mass is 300 g/mol. The number of benzene rings is 1. The van der Waals surface area contributed by atoms with Crippen molar-refractivity contribution in [1.29, 1.82) is 0 Å². The van der Waals surface area contributed by atoms with Crippen LogP contribution in [0.3, 0.4) is 0 Å². The van der Waals surface area contributed by atoms with Crippen LogP contribution < -0.4 is 5.32 Å². The van der Waals surface area contributed by atoms with Crippen LogP contribution >= 0.6 is 0 Å². The van der Waals surface area contributed by atoms with E-state index in [-0.39, 0.29) is 5.56 Å². The molecule has 1 aliphatic heterocycles. The van der Waals surface area contributed by atoms with Crippen molar-refractivity contribution in [2.24, 2.45) is 0 Å². The van der Waals surface area contributed by atoms with E-state index in [0.717, 1.165) is 18.2 Å². The maximum absolute atomic E-state index is 13.9. The highest BCUT2D eigenvalue weighted by atomic mass is 19.1. The zero-order chi connectivity index (χ0) is 15.7. The average molecular weight is 300 g/mol. The largest absolute Gasteiger partial charge is 0.439 e. The van der Waals surface area contributed by atoms with Crippen LogP contribution in [0.2, 0.25) is 0 Å². The molecule has 1 amide bonds. The van der Waals surface area contributed by atoms with E-state index in [9.17, 15) is 13.6 Å². The third-order valence-corrected chi connectivity index (χ3v) is 3.36. The predicted octanol–water partition coefficient (Wildman–Crippen LogP) is 2.86. The Hall–Kier alpha value is -2.94. The lowest BCUT2D eigenvalue weighted by molar-refractivity contribution is 0.130. The highest BCUT2D eigenvalue weighted by molar-refractivity contribution is 5.71. The van der Waals surface area contributed by atoms with Gasteiger partial charge in [0.15, 0.2) is 6.10 Å². The number of hydrogen-bond donors (Lipinski definition) is 1. The molecule has 3 rings (SSSR count). The highest BCUT2D eigenvalue weighted by Crippen LogP contribution is 2.37. The topological polar surface area (TPSA) is 51.2 Å². The molecule has 4 nitrogen and oxygen atoms in total. The molecular formula is C16H10F2N2O2. The Labute approximate surface area is 125 Å². The number of nitrogens with zero attached hydrogens (tertiary/aromatic N) is 1. The third kappa shape index (κ3) is 2.49. The summed E-state index contributed by atoms with van der Waals surface area (Å²) in [6, 6.07) is 3.93. The van der Waals surface area contributed by atoms with Crippen LogP contribution in [0.25, 0.3) is 0 Å². The van der Waals surface area contributed by atoms with Crippen molar-refractivity contribution < 1.29 is 18.3 Å². The van der Waals surface area contributed by atoms with E-state index >= 15 is 0 Å². The smallest absolute Gasteiger partial charge is 0.408 e. The molecular weight excluding hydrogens is 290 g/mol. The molecule has 110 valence electrons. The Balaban J connectivity index is 2.04. The van der Waals surface area contributed by atoms with Gasteiger partial charge in [0.25, 0.3) is 0 Å². The highest BCUT2D eigenvalue weighted by Gasteiger charge is 2.38. The zero-order valence-corrected chi connectivity index (χ0v) is 11.2. The minimum Gasteiger partial charge on any atom is -0.439 e. The van der Waals surface area contributed by atoms with Crippen molar-refractivity contribution in [3.05, 3.63) is 65.0 Å². The van der Waals surface area contributed by atoms with Gasteiger partial charge in [0.1, 0.15) is 17.7 Å². The van der Waals surface area contributed by atoms with Gasteiger partial charge in [0, 0.05) is 23.5 Å². The molecule has 1 aromatic heterocycles. The van der Waals surface area contributed by atoms with Crippen molar-refractivity contribution >= 4 is 6.09 Å². The molecule has 2 aromatic rings. The van der Waals surface area contributed by atoms with Gasteiger partial charge in [-0.15, -0.1) is 6.42 Å². The van der Waals surface area contributed by atoms with Crippen LogP contribution in [-0.4, -0.2) is 11.1 Å². The lowest BCUT2D eigenvalue weighted by atomic mass is 9.96. The SMILES string of the molecule is C#Cc1cncc([C@H]2NC(=O)O[C@@H]2c2cc(F)ccc2F)c1. The van der Waals surface area contributed by atoms with Gasteiger partial charge >= 0.3 is 6.09 Å². The number of pyridine rings is 1. The summed E-state index contributed by atoms with van der Waals surface area (Å²) in [6.45, 7) is 0. The number of aromatic nitrogens is 1. The molecule has 2 atom stereocenters. The summed E-state index contributed by atoms with van der Waals surface area (Å²) in [5.74, 6) is 1.15. The number of nitrogens with one attached hydrogen (secondary N) is 1. The summed E-state index contributed by atoms with van der Waals surface area (Å²) in [4.78, 5) is 15.5. The Bertz CT molecular complexity index is 786. The fourth-order valence-corrected chi connectivity index (χ4v) is 2.36. The van der Waals surface area contributed by atoms with E-state index in [1.807, 2.05) is 0 Å². The number of halogens is 2. The van der Waals surface area contributed by atoms with E-state index in [2.05, 4.69) is 16.2 Å². The van der Waals surface area contributed by atoms with Gasteiger partial charge in [-0.3, -0.25) is 4.98 Å². The summed E-state index contributed by atoms with van der Waals surface area (Å²) < 4.78 is 32.4. The molecule has 1 aromatic carbocycles. The third-order valence-electron chi connectivity index (χ3n) is 3.36. The van der Waals surface area contributed by atoms with Gasteiger partial charge in [-0.05, 0) is 29.8 Å². The number of amides is 1. The van der Waals surface area contributed by atoms with E-state index < -0.39 is 29.9 Å². The normalized spacial score (nSPS) is 20.1. The summed E-state index contributed by atoms with van der Waals surface area (Å²) in [5.41, 5.74) is 1.02. The lowest BCUT2D eigenvalue weighted by Crippen LogP contribution is -2.20. The maximum Gasteiger partial charge on any atom is 0.408 e. The molecule has 22 heavy (non-hydrogen) atoms. The Kier molecular flexibility index (Phi) is 3.47. The van der Waals surface area contributed by atoms with Gasteiger partial charge in [-0.1, -0.05) is 5.92 Å². The summed E-state index contributed by atoms with van der Waals surface area (Å²) >= 11 is 0. The second-order valence-corrected chi connectivity index (χ2v) is 4.77. The van der Waals surface area contributed by atoms with E-state index in [1.165, 1.54) is 12.4 Å². The van der Waals surface area contributed by atoms with Crippen molar-refractivity contribution in [2.45, 2.75) is 12.1 Å². The van der Waals surface area contributed by atoms with E-state index in [0.29, 0.717) is 11.1 Å². The average Bonchev–Trinajstić information content (AvgIpc) is 2.91. The fourth-order valence-electron chi connectivity index (χ4n) is 2.36. The van der Waals surface area contributed by atoms with Crippen LogP contribution in [0, 0.1) is 24.0 Å². The first-order valence-electron chi connectivity index (χ1n) is 6.42. The molecule has 0 radical (unpaired) electrons. The zero-order valence-electron chi connectivity index (χ0n) is 11.2. The number of alkyl carbamates (subject to hydrolysis) is 1. The molecule has 1 N–H and O–H groups in total. The summed E-state index contributed by atoms with van der Waals surface area (Å²) in [7, 11) is 0. The van der Waals surface area contributed by atoms with Gasteiger partial charge in [0.05, 0.1) is 0 Å². The number of carbonyl (C=O) groups is 1. The van der Waals surface area contributed by atoms with Gasteiger partial charge in [-0.25, -0.2) is 13.6 Å². The van der Waals surface area contributed by atoms with Crippen LogP contribution in [0.1, 0.15) is 28.8 Å². The van der Waals surface area contributed by atoms with Crippen LogP contribution in [0.5, 0.6) is 0 Å². The van der Waals surface area contributed by atoms with Gasteiger partial charge in [0.2, 0.25) is 0 Å². The Morgan fingerprint density at radius 2 is 2.09 bits per heavy atom. The van der Waals surface area contributed by atoms with Crippen LogP contribution in [0.15, 0.2) is 36.7 Å². The molecule has 0 aliphatic carbocycles. The molecule has 0 saturated carbocycles. The maximum atomic E-state index is 13.9. The van der Waals surface area contributed by atoms with Crippen molar-refractivity contribution in [3.8, 4) is 12.3 Å². The molecule has 0 bridgehead atoms. The quantitative estimate of drug-likeness (QED) is 0.868. The molecule has 2 heterocycles. The predicted molar refractivity (Wildman–Crippen MR) is 73.6 cm³/mol. The van der Waals surface area contributed by atoms with Crippen LogP contribution in [0.4, 0.5) is 13.6 Å². The first-order valence-corrected chi connectivity index (χ1v) is 6.42. The second kappa shape index (κ2) is 5.45. The second-order valence-electron chi connectivity index (χ2n) is 4.77. The molecule has 0 unspecified atom stereocenters. The summed E-state index contributed by atoms with van der Waals surface area (Å²) in [5, 5.41) is 2.56. The number of carbonyl (C=O) groups excluding carboxylic acids is 1. The minimum atomic E-state index is -1.00. The van der Waals surface area contributed by atoms with Crippen molar-refractivity contribution in [1.82, 2.24) is 10.3 Å². The van der Waals surface area contributed by atoms with E-state index in [1.54, 1.807) is 6.07 Å². The Morgan fingerprint density at radius 3 is 2.86 bits per heavy atom. The first kappa shape index (κ1) is 14.0. The number of rotatable bonds is 2. The fraction of sp³-hybridized carbons (Fsp3) is 0.125. The Morgan fingerprint density at radius 1 is 1.27 bits per heavy atom. The number of cyclic esters (lactones) is 1. The minimum absolute atomic E-state index is 0.0468. The number of terminal acetylenes is 1. The summed E-state index contributed by atoms with van der Waals surface area (Å²) in [6.07, 6.45) is 6.57. The molecule has 6 heteroatoms.